The summed E-state index contributed by atoms with van der Waals surface area (Å²) in [7, 11) is -15.3. The largest absolute Gasteiger partial charge is 0.347 e. The Hall–Kier alpha value is -0.310. The molecule has 80 valence electrons. The van der Waals surface area contributed by atoms with Gasteiger partial charge in [0.05, 0.1) is 0 Å². The van der Waals surface area contributed by atoms with Crippen LogP contribution in [0.1, 0.15) is 0 Å². The second-order valence-corrected chi connectivity index (χ2v) is 5.86. The molecule has 0 aliphatic carbocycles. The van der Waals surface area contributed by atoms with Crippen LogP contribution in [0.3, 0.4) is 0 Å². The van der Waals surface area contributed by atoms with Crippen LogP contribution in [-0.2, 0) is 30.8 Å². The van der Waals surface area contributed by atoms with E-state index in [1.54, 1.807) is 0 Å². The monoisotopic (exact) mass is 256 g/mol. The number of hydrogen-bond donors (Lipinski definition) is 4. The molecule has 0 saturated heterocycles. The molecule has 0 aromatic rings. The molecule has 0 unspecified atom stereocenters. The summed E-state index contributed by atoms with van der Waals surface area (Å²) < 4.78 is 77.1. The highest BCUT2D eigenvalue weighted by molar-refractivity contribution is 8.07. The highest BCUT2D eigenvalue weighted by Gasteiger charge is 2.22. The first kappa shape index (κ1) is 12.7. The van der Waals surface area contributed by atoms with E-state index in [0.717, 1.165) is 0 Å². The molecule has 0 amide bonds. The minimum absolute atomic E-state index is 0.502. The number of rotatable bonds is 4. The summed E-state index contributed by atoms with van der Waals surface area (Å²) in [6.07, 6.45) is 0. The molecule has 0 fully saturated rings. The quantitative estimate of drug-likeness (QED) is 0.386. The second-order valence-electron chi connectivity index (χ2n) is 1.62. The Labute approximate surface area is 73.9 Å². The van der Waals surface area contributed by atoms with Crippen LogP contribution in [-0.4, -0.2) is 34.4 Å². The Morgan fingerprint density at radius 2 is 0.923 bits per heavy atom. The van der Waals surface area contributed by atoms with E-state index in [4.69, 9.17) is 9.11 Å². The average Bonchev–Trinajstić information content (AvgIpc) is 1.43. The fourth-order valence-electron chi connectivity index (χ4n) is 0.294. The first-order valence-corrected chi connectivity index (χ1v) is 6.54. The van der Waals surface area contributed by atoms with Crippen LogP contribution >= 0.6 is 0 Å². The molecule has 4 N–H and O–H groups in total. The van der Waals surface area contributed by atoms with Crippen molar-refractivity contribution in [2.24, 2.45) is 0 Å². The summed E-state index contributed by atoms with van der Waals surface area (Å²) in [5.41, 5.74) is 0. The van der Waals surface area contributed by atoms with E-state index in [-0.39, 0.29) is 0 Å². The maximum absolute atomic E-state index is 10.4. The normalized spacial score (nSPS) is 14.3. The molecular weight excluding hydrogens is 252 g/mol. The molecule has 0 radical (unpaired) electrons. The minimum atomic E-state index is -5.13. The van der Waals surface area contributed by atoms with Crippen LogP contribution in [0, 0.1) is 0 Å². The van der Waals surface area contributed by atoms with Crippen molar-refractivity contribution >= 4 is 30.8 Å². The van der Waals surface area contributed by atoms with Gasteiger partial charge in [-0.2, -0.15) is 25.3 Å². The molecular formula is H4N2O8S3. The van der Waals surface area contributed by atoms with Crippen molar-refractivity contribution in [2.45, 2.75) is 0 Å². The molecule has 0 aromatic carbocycles. The predicted octanol–water partition coefficient (Wildman–Crippen LogP) is -2.98. The zero-order chi connectivity index (χ0) is 10.9. The van der Waals surface area contributed by atoms with Gasteiger partial charge < -0.3 is 0 Å². The fourth-order valence-corrected chi connectivity index (χ4v) is 2.95. The van der Waals surface area contributed by atoms with E-state index in [1.165, 1.54) is 0 Å². The first-order chi connectivity index (χ1) is 5.41. The van der Waals surface area contributed by atoms with Gasteiger partial charge in [0, 0.05) is 0 Å². The van der Waals surface area contributed by atoms with Gasteiger partial charge in [0.25, 0.3) is 0 Å². The van der Waals surface area contributed by atoms with Gasteiger partial charge in [-0.15, -0.1) is 0 Å². The van der Waals surface area contributed by atoms with Crippen molar-refractivity contribution in [3.05, 3.63) is 0 Å². The van der Waals surface area contributed by atoms with Gasteiger partial charge in [0.2, 0.25) is 0 Å². The topological polar surface area (TPSA) is 167 Å². The molecule has 13 heavy (non-hydrogen) atoms. The summed E-state index contributed by atoms with van der Waals surface area (Å²) >= 11 is 0. The van der Waals surface area contributed by atoms with Crippen LogP contribution < -0.4 is 8.25 Å². The second kappa shape index (κ2) is 3.45. The third-order valence-electron chi connectivity index (χ3n) is 0.430. The number of hydrogen-bond acceptors (Lipinski definition) is 6. The van der Waals surface area contributed by atoms with Crippen molar-refractivity contribution in [1.29, 1.82) is 0 Å². The van der Waals surface area contributed by atoms with Gasteiger partial charge in [-0.3, -0.25) is 9.11 Å². The molecule has 0 aromatic heterocycles. The van der Waals surface area contributed by atoms with Crippen molar-refractivity contribution < 1.29 is 34.4 Å². The van der Waals surface area contributed by atoms with Crippen LogP contribution in [0.15, 0.2) is 0 Å². The van der Waals surface area contributed by atoms with Crippen LogP contribution in [0.2, 0.25) is 0 Å². The maximum Gasteiger partial charge on any atom is 0.347 e. The van der Waals surface area contributed by atoms with Crippen molar-refractivity contribution in [1.82, 2.24) is 8.25 Å². The molecule has 0 aliphatic heterocycles. The van der Waals surface area contributed by atoms with Gasteiger partial charge in [-0.1, -0.05) is 8.25 Å². The zero-order valence-electron chi connectivity index (χ0n) is 5.57. The summed E-state index contributed by atoms with van der Waals surface area (Å²) in [4.78, 5) is 0. The minimum Gasteiger partial charge on any atom is -0.273 e. The van der Waals surface area contributed by atoms with Crippen molar-refractivity contribution in [2.75, 3.05) is 0 Å². The summed E-state index contributed by atoms with van der Waals surface area (Å²) in [6, 6.07) is 0. The third kappa shape index (κ3) is 8.03. The standard InChI is InChI=1S/H4N2O8S3/c3-11(4,1-12(5,6)7)2-13(8,9)10/h1-2H,(H,5,6,7)(H,8,9,10). The summed E-state index contributed by atoms with van der Waals surface area (Å²) in [6.45, 7) is 0. The Bertz CT molecular complexity index is 421. The highest BCUT2D eigenvalue weighted by atomic mass is 32.3. The van der Waals surface area contributed by atoms with Crippen LogP contribution in [0.4, 0.5) is 0 Å². The SMILES string of the molecule is O=S(=O)(O)NS(=O)(=O)NS(=O)(=O)O. The Balaban J connectivity index is 4.86. The molecule has 13 heteroatoms. The lowest BCUT2D eigenvalue weighted by molar-refractivity contribution is 0.474. The van der Waals surface area contributed by atoms with Gasteiger partial charge in [-0.05, 0) is 0 Å². The van der Waals surface area contributed by atoms with E-state index < -0.39 is 30.8 Å². The molecule has 0 aliphatic rings. The van der Waals surface area contributed by atoms with E-state index in [9.17, 15) is 25.3 Å². The van der Waals surface area contributed by atoms with Gasteiger partial charge in [-0.25, -0.2) is 0 Å². The zero-order valence-corrected chi connectivity index (χ0v) is 8.02. The molecule has 10 nitrogen and oxygen atoms in total. The maximum atomic E-state index is 10.4. The average molecular weight is 256 g/mol. The Morgan fingerprint density at radius 3 is 1.08 bits per heavy atom. The Kier molecular flexibility index (Phi) is 3.36. The van der Waals surface area contributed by atoms with Crippen molar-refractivity contribution in [3.63, 3.8) is 0 Å². The van der Waals surface area contributed by atoms with Crippen molar-refractivity contribution in [3.8, 4) is 0 Å². The third-order valence-corrected chi connectivity index (χ3v) is 3.87. The lowest BCUT2D eigenvalue weighted by atomic mass is 13.8. The molecule has 0 rings (SSSR count). The molecule has 0 bridgehead atoms. The summed E-state index contributed by atoms with van der Waals surface area (Å²) in [5, 5.41) is 0. The van der Waals surface area contributed by atoms with Gasteiger partial charge >= 0.3 is 30.8 Å². The highest BCUT2D eigenvalue weighted by Crippen LogP contribution is 1.85. The molecule has 0 spiro atoms. The van der Waals surface area contributed by atoms with Gasteiger partial charge in [0.15, 0.2) is 0 Å². The molecule has 0 atom stereocenters. The van der Waals surface area contributed by atoms with E-state index in [1.807, 2.05) is 0 Å². The summed E-state index contributed by atoms with van der Waals surface area (Å²) in [5.74, 6) is 0. The van der Waals surface area contributed by atoms with E-state index >= 15 is 0 Å². The molecule has 0 heterocycles. The fraction of sp³-hybridized carbons (Fsp3) is 0. The first-order valence-electron chi connectivity index (χ1n) is 2.18. The van der Waals surface area contributed by atoms with E-state index in [2.05, 4.69) is 0 Å². The lowest BCUT2D eigenvalue weighted by Gasteiger charge is -2.01. The number of nitrogens with one attached hydrogen (secondary N) is 2. The van der Waals surface area contributed by atoms with Crippen LogP contribution in [0.5, 0.6) is 0 Å². The smallest absolute Gasteiger partial charge is 0.273 e. The lowest BCUT2D eigenvalue weighted by Crippen LogP contribution is -2.42. The van der Waals surface area contributed by atoms with Gasteiger partial charge in [0.1, 0.15) is 0 Å². The molecule has 0 saturated carbocycles. The Morgan fingerprint density at radius 1 is 0.692 bits per heavy atom. The predicted molar refractivity (Wildman–Crippen MR) is 38.3 cm³/mol. The van der Waals surface area contributed by atoms with Crippen LogP contribution in [0.25, 0.3) is 0 Å². The van der Waals surface area contributed by atoms with E-state index in [0.29, 0.717) is 8.25 Å².